The average molecular weight is 265 g/mol. The predicted molar refractivity (Wildman–Crippen MR) is 74.2 cm³/mol. The maximum absolute atomic E-state index is 6.12. The third-order valence-electron chi connectivity index (χ3n) is 2.81. The average Bonchev–Trinajstić information content (AvgIpc) is 2.60. The van der Waals surface area contributed by atoms with E-state index in [-0.39, 0.29) is 0 Å². The quantitative estimate of drug-likeness (QED) is 0.923. The van der Waals surface area contributed by atoms with Crippen LogP contribution in [0.3, 0.4) is 0 Å². The number of halogens is 1. The van der Waals surface area contributed by atoms with Crippen molar-refractivity contribution in [3.05, 3.63) is 40.3 Å². The molecule has 18 heavy (non-hydrogen) atoms. The van der Waals surface area contributed by atoms with Gasteiger partial charge in [-0.15, -0.1) is 0 Å². The van der Waals surface area contributed by atoms with E-state index in [2.05, 4.69) is 21.5 Å². The molecule has 2 rings (SSSR count). The fraction of sp³-hybridized carbons (Fsp3) is 0.385. The second-order valence-corrected chi connectivity index (χ2v) is 4.60. The second-order valence-electron chi connectivity index (χ2n) is 4.22. The smallest absolute Gasteiger partial charge is 0.125 e. The molecule has 0 aliphatic heterocycles. The zero-order valence-corrected chi connectivity index (χ0v) is 11.6. The Balaban J connectivity index is 2.15. The molecule has 4 nitrogen and oxygen atoms in total. The van der Waals surface area contributed by atoms with Crippen LogP contribution in [-0.4, -0.2) is 21.3 Å². The first-order valence-corrected chi connectivity index (χ1v) is 6.38. The Morgan fingerprint density at radius 1 is 1.33 bits per heavy atom. The fourth-order valence-corrected chi connectivity index (χ4v) is 1.94. The molecule has 2 heterocycles. The molecule has 0 fully saturated rings. The van der Waals surface area contributed by atoms with Gasteiger partial charge in [0, 0.05) is 12.7 Å². The molecular weight excluding hydrogens is 248 g/mol. The lowest BCUT2D eigenvalue weighted by Crippen LogP contribution is -2.05. The summed E-state index contributed by atoms with van der Waals surface area (Å²) in [6, 6.07) is 4.03. The van der Waals surface area contributed by atoms with Crippen molar-refractivity contribution in [2.45, 2.75) is 27.3 Å². The van der Waals surface area contributed by atoms with Gasteiger partial charge in [0.05, 0.1) is 23.0 Å². The maximum Gasteiger partial charge on any atom is 0.125 e. The van der Waals surface area contributed by atoms with Gasteiger partial charge in [0.15, 0.2) is 0 Å². The Hall–Kier alpha value is -1.55. The molecule has 1 N–H and O–H groups in total. The van der Waals surface area contributed by atoms with Crippen LogP contribution in [0.1, 0.15) is 23.9 Å². The van der Waals surface area contributed by atoms with E-state index in [0.29, 0.717) is 6.54 Å². The molecule has 96 valence electrons. The Labute approximate surface area is 112 Å². The van der Waals surface area contributed by atoms with Gasteiger partial charge in [-0.25, -0.2) is 4.98 Å². The van der Waals surface area contributed by atoms with Crippen LogP contribution in [0.5, 0.6) is 0 Å². The fourth-order valence-electron chi connectivity index (χ4n) is 1.81. The molecule has 0 aliphatic rings. The number of aromatic nitrogens is 3. The van der Waals surface area contributed by atoms with Crippen LogP contribution >= 0.6 is 11.6 Å². The van der Waals surface area contributed by atoms with Crippen LogP contribution in [0.2, 0.25) is 5.02 Å². The number of hydrogen-bond donors (Lipinski definition) is 1. The highest BCUT2D eigenvalue weighted by Gasteiger charge is 2.09. The van der Waals surface area contributed by atoms with E-state index >= 15 is 0 Å². The molecule has 0 spiro atoms. The minimum absolute atomic E-state index is 0.693. The number of pyridine rings is 1. The lowest BCUT2D eigenvalue weighted by Gasteiger charge is -2.06. The number of anilines is 1. The summed E-state index contributed by atoms with van der Waals surface area (Å²) in [5, 5.41) is 8.32. The summed E-state index contributed by atoms with van der Waals surface area (Å²) in [6.07, 6.45) is 1.86. The molecule has 0 saturated heterocycles. The minimum atomic E-state index is 0.693. The van der Waals surface area contributed by atoms with Crippen molar-refractivity contribution < 1.29 is 0 Å². The van der Waals surface area contributed by atoms with Gasteiger partial charge in [-0.3, -0.25) is 4.68 Å². The Morgan fingerprint density at radius 2 is 2.11 bits per heavy atom. The van der Waals surface area contributed by atoms with Gasteiger partial charge in [-0.1, -0.05) is 17.7 Å². The number of nitrogens with one attached hydrogen (secondary N) is 1. The van der Waals surface area contributed by atoms with E-state index < -0.39 is 0 Å². The highest BCUT2D eigenvalue weighted by molar-refractivity contribution is 6.31. The number of rotatable bonds is 4. The first kappa shape index (κ1) is 12.9. The van der Waals surface area contributed by atoms with Crippen molar-refractivity contribution in [2.75, 3.05) is 11.9 Å². The summed E-state index contributed by atoms with van der Waals surface area (Å²) in [5.74, 6) is 0.896. The third kappa shape index (κ3) is 2.64. The summed E-state index contributed by atoms with van der Waals surface area (Å²) < 4.78 is 1.90. The van der Waals surface area contributed by atoms with Gasteiger partial charge in [-0.2, -0.15) is 5.10 Å². The van der Waals surface area contributed by atoms with Gasteiger partial charge in [0.25, 0.3) is 0 Å². The SMILES string of the molecule is CCNc1ccc(Cn2nc(C)c(Cl)c2C)cn1. The van der Waals surface area contributed by atoms with Crippen LogP contribution in [0.4, 0.5) is 5.82 Å². The van der Waals surface area contributed by atoms with Crippen molar-refractivity contribution in [1.29, 1.82) is 0 Å². The predicted octanol–water partition coefficient (Wildman–Crippen LogP) is 3.03. The van der Waals surface area contributed by atoms with E-state index in [4.69, 9.17) is 11.6 Å². The van der Waals surface area contributed by atoms with Crippen molar-refractivity contribution in [3.63, 3.8) is 0 Å². The summed E-state index contributed by atoms with van der Waals surface area (Å²) in [4.78, 5) is 4.34. The largest absolute Gasteiger partial charge is 0.370 e. The van der Waals surface area contributed by atoms with Gasteiger partial charge in [0.2, 0.25) is 0 Å². The van der Waals surface area contributed by atoms with Gasteiger partial charge in [0.1, 0.15) is 5.82 Å². The number of hydrogen-bond acceptors (Lipinski definition) is 3. The summed E-state index contributed by atoms with van der Waals surface area (Å²) in [6.45, 7) is 7.51. The van der Waals surface area contributed by atoms with Crippen molar-refractivity contribution in [3.8, 4) is 0 Å². The molecule has 0 aromatic carbocycles. The Kier molecular flexibility index (Phi) is 3.87. The van der Waals surface area contributed by atoms with E-state index in [1.54, 1.807) is 0 Å². The molecule has 0 saturated carbocycles. The number of nitrogens with zero attached hydrogens (tertiary/aromatic N) is 3. The number of aryl methyl sites for hydroxylation is 1. The molecule has 5 heteroatoms. The van der Waals surface area contributed by atoms with E-state index in [0.717, 1.165) is 34.3 Å². The molecular formula is C13H17ClN4. The standard InChI is InChI=1S/C13H17ClN4/c1-4-15-12-6-5-11(7-16-12)8-18-10(3)13(14)9(2)17-18/h5-7H,4,8H2,1-3H3,(H,15,16). The van der Waals surface area contributed by atoms with E-state index in [1.165, 1.54) is 0 Å². The molecule has 0 amide bonds. The summed E-state index contributed by atoms with van der Waals surface area (Å²) in [5.41, 5.74) is 2.97. The Bertz CT molecular complexity index is 531. The van der Waals surface area contributed by atoms with Crippen LogP contribution in [0, 0.1) is 13.8 Å². The summed E-state index contributed by atoms with van der Waals surface area (Å²) in [7, 11) is 0. The van der Waals surface area contributed by atoms with Crippen LogP contribution in [0.15, 0.2) is 18.3 Å². The maximum atomic E-state index is 6.12. The molecule has 2 aromatic rings. The van der Waals surface area contributed by atoms with Crippen LogP contribution in [0.25, 0.3) is 0 Å². The van der Waals surface area contributed by atoms with Crippen molar-refractivity contribution in [1.82, 2.24) is 14.8 Å². The zero-order chi connectivity index (χ0) is 13.1. The normalized spacial score (nSPS) is 10.7. The molecule has 0 atom stereocenters. The van der Waals surface area contributed by atoms with Crippen LogP contribution in [-0.2, 0) is 6.54 Å². The van der Waals surface area contributed by atoms with Gasteiger partial charge < -0.3 is 5.32 Å². The topological polar surface area (TPSA) is 42.7 Å². The second kappa shape index (κ2) is 5.40. The third-order valence-corrected chi connectivity index (χ3v) is 3.36. The highest BCUT2D eigenvalue weighted by atomic mass is 35.5. The van der Waals surface area contributed by atoms with Gasteiger partial charge >= 0.3 is 0 Å². The first-order valence-electron chi connectivity index (χ1n) is 6.00. The first-order chi connectivity index (χ1) is 8.61. The molecule has 0 bridgehead atoms. The molecule has 2 aromatic heterocycles. The van der Waals surface area contributed by atoms with Gasteiger partial charge in [-0.05, 0) is 32.4 Å². The zero-order valence-electron chi connectivity index (χ0n) is 10.9. The van der Waals surface area contributed by atoms with E-state index in [1.807, 2.05) is 37.7 Å². The molecule has 0 aliphatic carbocycles. The monoisotopic (exact) mass is 264 g/mol. The minimum Gasteiger partial charge on any atom is -0.370 e. The van der Waals surface area contributed by atoms with Crippen molar-refractivity contribution in [2.24, 2.45) is 0 Å². The lowest BCUT2D eigenvalue weighted by molar-refractivity contribution is 0.657. The summed E-state index contributed by atoms with van der Waals surface area (Å²) >= 11 is 6.12. The van der Waals surface area contributed by atoms with E-state index in [9.17, 15) is 0 Å². The molecule has 0 radical (unpaired) electrons. The molecule has 0 unspecified atom stereocenters. The highest BCUT2D eigenvalue weighted by Crippen LogP contribution is 2.19. The van der Waals surface area contributed by atoms with Crippen LogP contribution < -0.4 is 5.32 Å². The van der Waals surface area contributed by atoms with Crippen molar-refractivity contribution >= 4 is 17.4 Å². The lowest BCUT2D eigenvalue weighted by atomic mass is 10.3. The Morgan fingerprint density at radius 3 is 2.61 bits per heavy atom.